The standard InChI is InChI=1S/C15H21N7O2S/c1-11-2-4-12(5-3-11)25(23,24)22-8-6-21(7-9-22)10-13-18-14(16)20-15(17)19-13/h2-5H,6-10H2,1H3,(H4,16,17,18,19,20). The van der Waals surface area contributed by atoms with Crippen molar-refractivity contribution >= 4 is 21.9 Å². The van der Waals surface area contributed by atoms with Gasteiger partial charge in [-0.25, -0.2) is 8.42 Å². The minimum atomic E-state index is -3.46. The molecule has 0 atom stereocenters. The van der Waals surface area contributed by atoms with E-state index >= 15 is 0 Å². The maximum Gasteiger partial charge on any atom is 0.243 e. The number of hydrogen-bond acceptors (Lipinski definition) is 8. The molecule has 1 saturated heterocycles. The summed E-state index contributed by atoms with van der Waals surface area (Å²) in [6, 6.07) is 6.90. The molecule has 1 fully saturated rings. The predicted molar refractivity (Wildman–Crippen MR) is 93.9 cm³/mol. The lowest BCUT2D eigenvalue weighted by molar-refractivity contribution is 0.178. The average molecular weight is 363 g/mol. The van der Waals surface area contributed by atoms with Crippen LogP contribution in [0.1, 0.15) is 11.4 Å². The highest BCUT2D eigenvalue weighted by Gasteiger charge is 2.28. The third-order valence-electron chi connectivity index (χ3n) is 4.07. The summed E-state index contributed by atoms with van der Waals surface area (Å²) in [5.41, 5.74) is 12.2. The van der Waals surface area contributed by atoms with Gasteiger partial charge < -0.3 is 11.5 Å². The number of nitrogens with zero attached hydrogens (tertiary/aromatic N) is 5. The van der Waals surface area contributed by atoms with E-state index in [-0.39, 0.29) is 11.9 Å². The van der Waals surface area contributed by atoms with Crippen LogP contribution in [0.4, 0.5) is 11.9 Å². The number of aryl methyl sites for hydroxylation is 1. The number of rotatable bonds is 4. The zero-order chi connectivity index (χ0) is 18.0. The quantitative estimate of drug-likeness (QED) is 0.767. The van der Waals surface area contributed by atoms with Crippen molar-refractivity contribution in [2.45, 2.75) is 18.4 Å². The molecule has 1 aromatic carbocycles. The summed E-state index contributed by atoms with van der Waals surface area (Å²) >= 11 is 0. The minimum absolute atomic E-state index is 0.0862. The van der Waals surface area contributed by atoms with E-state index in [0.29, 0.717) is 43.4 Å². The number of piperazine rings is 1. The third-order valence-corrected chi connectivity index (χ3v) is 5.98. The minimum Gasteiger partial charge on any atom is -0.368 e. The summed E-state index contributed by atoms with van der Waals surface area (Å²) in [7, 11) is -3.46. The van der Waals surface area contributed by atoms with Gasteiger partial charge in [0.1, 0.15) is 5.82 Å². The lowest BCUT2D eigenvalue weighted by atomic mass is 10.2. The van der Waals surface area contributed by atoms with Gasteiger partial charge in [0, 0.05) is 26.2 Å². The van der Waals surface area contributed by atoms with E-state index in [1.165, 1.54) is 4.31 Å². The Morgan fingerprint density at radius 2 is 1.52 bits per heavy atom. The van der Waals surface area contributed by atoms with Crippen molar-refractivity contribution in [2.75, 3.05) is 37.6 Å². The van der Waals surface area contributed by atoms with Crippen LogP contribution in [0.5, 0.6) is 0 Å². The molecule has 0 aliphatic carbocycles. The van der Waals surface area contributed by atoms with Crippen LogP contribution in [0.25, 0.3) is 0 Å². The number of nitrogen functional groups attached to an aromatic ring is 2. The fourth-order valence-corrected chi connectivity index (χ4v) is 4.14. The van der Waals surface area contributed by atoms with Gasteiger partial charge >= 0.3 is 0 Å². The molecule has 0 amide bonds. The topological polar surface area (TPSA) is 131 Å². The van der Waals surface area contributed by atoms with Crippen molar-refractivity contribution in [1.82, 2.24) is 24.2 Å². The maximum atomic E-state index is 12.7. The fourth-order valence-electron chi connectivity index (χ4n) is 2.71. The normalized spacial score (nSPS) is 16.8. The van der Waals surface area contributed by atoms with Crippen molar-refractivity contribution in [3.05, 3.63) is 35.7 Å². The number of benzene rings is 1. The van der Waals surface area contributed by atoms with E-state index in [0.717, 1.165) is 5.56 Å². The number of anilines is 2. The summed E-state index contributed by atoms with van der Waals surface area (Å²) < 4.78 is 26.9. The SMILES string of the molecule is Cc1ccc(S(=O)(=O)N2CCN(Cc3nc(N)nc(N)n3)CC2)cc1. The molecule has 0 radical (unpaired) electrons. The second-order valence-corrected chi connectivity index (χ2v) is 7.90. The molecule has 1 aliphatic heterocycles. The van der Waals surface area contributed by atoms with Crippen molar-refractivity contribution in [3.8, 4) is 0 Å². The van der Waals surface area contributed by atoms with Gasteiger partial charge in [0.15, 0.2) is 0 Å². The zero-order valence-electron chi connectivity index (χ0n) is 14.0. The Balaban J connectivity index is 1.64. The average Bonchev–Trinajstić information content (AvgIpc) is 2.55. The van der Waals surface area contributed by atoms with Gasteiger partial charge in [-0.15, -0.1) is 0 Å². The van der Waals surface area contributed by atoms with Crippen LogP contribution in [-0.2, 0) is 16.6 Å². The highest BCUT2D eigenvalue weighted by molar-refractivity contribution is 7.89. The molecule has 1 aliphatic rings. The lowest BCUT2D eigenvalue weighted by Gasteiger charge is -2.33. The number of nitrogens with two attached hydrogens (primary N) is 2. The molecule has 2 aromatic rings. The molecular formula is C15H21N7O2S. The maximum absolute atomic E-state index is 12.7. The first-order valence-corrected chi connectivity index (χ1v) is 9.34. The van der Waals surface area contributed by atoms with Crippen molar-refractivity contribution in [1.29, 1.82) is 0 Å². The molecule has 4 N–H and O–H groups in total. The van der Waals surface area contributed by atoms with E-state index < -0.39 is 10.0 Å². The Kier molecular flexibility index (Phi) is 4.84. The van der Waals surface area contributed by atoms with Gasteiger partial charge in [-0.05, 0) is 19.1 Å². The van der Waals surface area contributed by atoms with E-state index in [2.05, 4.69) is 19.9 Å². The summed E-state index contributed by atoms with van der Waals surface area (Å²) in [4.78, 5) is 14.2. The van der Waals surface area contributed by atoms with E-state index in [4.69, 9.17) is 11.5 Å². The summed E-state index contributed by atoms with van der Waals surface area (Å²) in [6.07, 6.45) is 0. The summed E-state index contributed by atoms with van der Waals surface area (Å²) in [6.45, 7) is 4.36. The summed E-state index contributed by atoms with van der Waals surface area (Å²) in [5.74, 6) is 0.658. The van der Waals surface area contributed by atoms with Crippen LogP contribution >= 0.6 is 0 Å². The molecule has 25 heavy (non-hydrogen) atoms. The first-order chi connectivity index (χ1) is 11.8. The molecule has 0 spiro atoms. The van der Waals surface area contributed by atoms with Crippen molar-refractivity contribution in [2.24, 2.45) is 0 Å². The molecule has 134 valence electrons. The van der Waals surface area contributed by atoms with Gasteiger partial charge in [-0.1, -0.05) is 17.7 Å². The van der Waals surface area contributed by atoms with Crippen LogP contribution in [0.3, 0.4) is 0 Å². The van der Waals surface area contributed by atoms with Gasteiger partial charge in [-0.2, -0.15) is 19.3 Å². The molecule has 10 heteroatoms. The van der Waals surface area contributed by atoms with Gasteiger partial charge in [0.05, 0.1) is 11.4 Å². The number of sulfonamides is 1. The Hall–Kier alpha value is -2.30. The van der Waals surface area contributed by atoms with E-state index in [1.807, 2.05) is 6.92 Å². The summed E-state index contributed by atoms with van der Waals surface area (Å²) in [5, 5.41) is 0. The monoisotopic (exact) mass is 363 g/mol. The van der Waals surface area contributed by atoms with Crippen molar-refractivity contribution < 1.29 is 8.42 Å². The molecular weight excluding hydrogens is 342 g/mol. The second-order valence-electron chi connectivity index (χ2n) is 5.96. The van der Waals surface area contributed by atoms with Crippen LogP contribution in [-0.4, -0.2) is 58.8 Å². The largest absolute Gasteiger partial charge is 0.368 e. The Morgan fingerprint density at radius 1 is 0.960 bits per heavy atom. The van der Waals surface area contributed by atoms with Crippen LogP contribution < -0.4 is 11.5 Å². The van der Waals surface area contributed by atoms with Crippen LogP contribution in [0, 0.1) is 6.92 Å². The Bertz CT molecular complexity index is 826. The van der Waals surface area contributed by atoms with Gasteiger partial charge in [0.2, 0.25) is 21.9 Å². The first-order valence-electron chi connectivity index (χ1n) is 7.90. The number of aromatic nitrogens is 3. The zero-order valence-corrected chi connectivity index (χ0v) is 14.8. The predicted octanol–water partition coefficient (Wildman–Crippen LogP) is -0.149. The lowest BCUT2D eigenvalue weighted by Crippen LogP contribution is -2.48. The first kappa shape index (κ1) is 17.5. The third kappa shape index (κ3) is 4.03. The van der Waals surface area contributed by atoms with Crippen LogP contribution in [0.2, 0.25) is 0 Å². The van der Waals surface area contributed by atoms with Crippen molar-refractivity contribution in [3.63, 3.8) is 0 Å². The molecule has 1 aromatic heterocycles. The molecule has 0 bridgehead atoms. The van der Waals surface area contributed by atoms with Gasteiger partial charge in [0.25, 0.3) is 0 Å². The molecule has 0 unspecified atom stereocenters. The molecule has 0 saturated carbocycles. The number of hydrogen-bond donors (Lipinski definition) is 2. The van der Waals surface area contributed by atoms with E-state index in [1.54, 1.807) is 24.3 Å². The Morgan fingerprint density at radius 3 is 2.08 bits per heavy atom. The van der Waals surface area contributed by atoms with Crippen LogP contribution in [0.15, 0.2) is 29.2 Å². The highest BCUT2D eigenvalue weighted by Crippen LogP contribution is 2.18. The second kappa shape index (κ2) is 6.90. The highest BCUT2D eigenvalue weighted by atomic mass is 32.2. The molecule has 3 rings (SSSR count). The Labute approximate surface area is 146 Å². The molecule has 9 nitrogen and oxygen atoms in total. The smallest absolute Gasteiger partial charge is 0.243 e. The van der Waals surface area contributed by atoms with Gasteiger partial charge in [-0.3, -0.25) is 4.90 Å². The fraction of sp³-hybridized carbons (Fsp3) is 0.400. The molecule has 2 heterocycles. The van der Waals surface area contributed by atoms with E-state index in [9.17, 15) is 8.42 Å².